The number of carbonyl (C=O) groups is 1. The molecule has 0 unspecified atom stereocenters. The molecule has 5 nitrogen and oxygen atoms in total. The van der Waals surface area contributed by atoms with Crippen LogP contribution in [0.5, 0.6) is 0 Å². The second-order valence-electron chi connectivity index (χ2n) is 7.01. The lowest BCUT2D eigenvalue weighted by Gasteiger charge is -2.20. The van der Waals surface area contributed by atoms with E-state index in [1.165, 1.54) is 11.1 Å². The number of hydrogen-bond acceptors (Lipinski definition) is 2. The largest absolute Gasteiger partial charge is 0.366 e. The van der Waals surface area contributed by atoms with Crippen LogP contribution in [0.25, 0.3) is 0 Å². The first-order chi connectivity index (χ1) is 14.7. The number of aliphatic imine (C=N–C) groups is 1. The highest BCUT2D eigenvalue weighted by Gasteiger charge is 2.14. The minimum atomic E-state index is -0.423. The maximum Gasteiger partial charge on any atom is 0.248 e. The number of rotatable bonds is 8. The Morgan fingerprint density at radius 1 is 0.867 bits per heavy atom. The molecule has 3 aromatic rings. The highest BCUT2D eigenvalue weighted by molar-refractivity contribution is 5.92. The summed E-state index contributed by atoms with van der Waals surface area (Å²) < 4.78 is 0. The van der Waals surface area contributed by atoms with Gasteiger partial charge in [-0.05, 0) is 35.7 Å². The van der Waals surface area contributed by atoms with Crippen molar-refractivity contribution in [1.29, 1.82) is 0 Å². The molecule has 0 aliphatic rings. The smallest absolute Gasteiger partial charge is 0.248 e. The average molecular weight is 401 g/mol. The summed E-state index contributed by atoms with van der Waals surface area (Å²) >= 11 is 0. The number of carbonyl (C=O) groups excluding carboxylic acids is 1. The van der Waals surface area contributed by atoms with Gasteiger partial charge in [-0.2, -0.15) is 0 Å². The molecule has 30 heavy (non-hydrogen) atoms. The van der Waals surface area contributed by atoms with Gasteiger partial charge in [-0.1, -0.05) is 72.8 Å². The molecule has 0 heterocycles. The van der Waals surface area contributed by atoms with Gasteiger partial charge in [-0.25, -0.2) is 4.99 Å². The number of benzene rings is 3. The zero-order valence-electron chi connectivity index (χ0n) is 17.2. The third-order valence-electron chi connectivity index (χ3n) is 4.88. The summed E-state index contributed by atoms with van der Waals surface area (Å²) in [5.41, 5.74) is 9.33. The van der Waals surface area contributed by atoms with Gasteiger partial charge in [0.25, 0.3) is 0 Å². The van der Waals surface area contributed by atoms with Crippen molar-refractivity contribution in [2.24, 2.45) is 10.7 Å². The van der Waals surface area contributed by atoms with E-state index in [2.05, 4.69) is 59.2 Å². The van der Waals surface area contributed by atoms with Crippen LogP contribution in [0.1, 0.15) is 39.9 Å². The van der Waals surface area contributed by atoms with Gasteiger partial charge in [-0.3, -0.25) is 4.79 Å². The van der Waals surface area contributed by atoms with E-state index in [1.807, 2.05) is 31.2 Å². The third kappa shape index (κ3) is 5.95. The monoisotopic (exact) mass is 400 g/mol. The number of nitrogens with two attached hydrogens (primary N) is 1. The van der Waals surface area contributed by atoms with E-state index in [4.69, 9.17) is 10.7 Å². The number of primary amides is 1. The highest BCUT2D eigenvalue weighted by Crippen LogP contribution is 2.23. The molecule has 0 spiro atoms. The van der Waals surface area contributed by atoms with Crippen LogP contribution in [0.3, 0.4) is 0 Å². The minimum Gasteiger partial charge on any atom is -0.366 e. The van der Waals surface area contributed by atoms with E-state index in [0.29, 0.717) is 12.1 Å². The molecular weight excluding hydrogens is 372 g/mol. The summed E-state index contributed by atoms with van der Waals surface area (Å²) in [5.74, 6) is 0.548. The normalized spacial score (nSPS) is 11.3. The van der Waals surface area contributed by atoms with Crippen LogP contribution in [-0.4, -0.2) is 25.0 Å². The molecule has 0 fully saturated rings. The predicted octanol–water partition coefficient (Wildman–Crippen LogP) is 3.67. The summed E-state index contributed by atoms with van der Waals surface area (Å²) in [7, 11) is 0. The lowest BCUT2D eigenvalue weighted by atomic mass is 9.91. The van der Waals surface area contributed by atoms with E-state index in [0.717, 1.165) is 24.6 Å². The predicted molar refractivity (Wildman–Crippen MR) is 123 cm³/mol. The number of guanidine groups is 1. The van der Waals surface area contributed by atoms with Crippen LogP contribution >= 0.6 is 0 Å². The van der Waals surface area contributed by atoms with Crippen LogP contribution in [0.4, 0.5) is 0 Å². The van der Waals surface area contributed by atoms with Crippen molar-refractivity contribution in [2.75, 3.05) is 13.1 Å². The topological polar surface area (TPSA) is 79.5 Å². The Balaban J connectivity index is 1.72. The van der Waals surface area contributed by atoms with E-state index in [9.17, 15) is 4.79 Å². The fourth-order valence-corrected chi connectivity index (χ4v) is 3.28. The van der Waals surface area contributed by atoms with Crippen molar-refractivity contribution in [3.63, 3.8) is 0 Å². The molecular formula is C25H28N4O. The molecule has 0 aromatic heterocycles. The fraction of sp³-hybridized carbons (Fsp3) is 0.200. The maximum absolute atomic E-state index is 11.2. The molecule has 154 valence electrons. The average Bonchev–Trinajstić information content (AvgIpc) is 2.79. The van der Waals surface area contributed by atoms with Gasteiger partial charge in [0.15, 0.2) is 5.96 Å². The number of amides is 1. The van der Waals surface area contributed by atoms with E-state index in [1.54, 1.807) is 12.1 Å². The van der Waals surface area contributed by atoms with Crippen molar-refractivity contribution < 1.29 is 4.79 Å². The molecule has 5 heteroatoms. The van der Waals surface area contributed by atoms with Gasteiger partial charge in [0, 0.05) is 24.6 Å². The van der Waals surface area contributed by atoms with E-state index < -0.39 is 5.91 Å². The van der Waals surface area contributed by atoms with Crippen LogP contribution in [0.2, 0.25) is 0 Å². The third-order valence-corrected chi connectivity index (χ3v) is 4.88. The van der Waals surface area contributed by atoms with Crippen molar-refractivity contribution in [3.8, 4) is 0 Å². The second-order valence-corrected chi connectivity index (χ2v) is 7.01. The Labute approximate surface area is 178 Å². The van der Waals surface area contributed by atoms with Crippen molar-refractivity contribution in [2.45, 2.75) is 19.4 Å². The Hall–Kier alpha value is -3.60. The zero-order chi connectivity index (χ0) is 21.2. The molecule has 0 aliphatic carbocycles. The van der Waals surface area contributed by atoms with E-state index in [-0.39, 0.29) is 5.92 Å². The Morgan fingerprint density at radius 3 is 1.93 bits per heavy atom. The van der Waals surface area contributed by atoms with Gasteiger partial charge >= 0.3 is 0 Å². The fourth-order valence-electron chi connectivity index (χ4n) is 3.28. The Morgan fingerprint density at radius 2 is 1.43 bits per heavy atom. The quantitative estimate of drug-likeness (QED) is 0.399. The summed E-state index contributed by atoms with van der Waals surface area (Å²) in [4.78, 5) is 15.9. The van der Waals surface area contributed by atoms with Crippen LogP contribution in [-0.2, 0) is 6.54 Å². The number of nitrogens with zero attached hydrogens (tertiary/aromatic N) is 1. The minimum absolute atomic E-state index is 0.214. The van der Waals surface area contributed by atoms with E-state index >= 15 is 0 Å². The summed E-state index contributed by atoms with van der Waals surface area (Å²) in [6.07, 6.45) is 0. The first kappa shape index (κ1) is 21.1. The molecule has 0 atom stereocenters. The Kier molecular flexibility index (Phi) is 7.61. The molecule has 0 saturated carbocycles. The van der Waals surface area contributed by atoms with Crippen LogP contribution < -0.4 is 16.4 Å². The lowest BCUT2D eigenvalue weighted by molar-refractivity contribution is 0.100. The van der Waals surface area contributed by atoms with Gasteiger partial charge in [0.1, 0.15) is 0 Å². The lowest BCUT2D eigenvalue weighted by Crippen LogP contribution is -2.39. The van der Waals surface area contributed by atoms with Gasteiger partial charge in [-0.15, -0.1) is 0 Å². The van der Waals surface area contributed by atoms with Crippen LogP contribution in [0.15, 0.2) is 89.9 Å². The van der Waals surface area contributed by atoms with Gasteiger partial charge in [0.2, 0.25) is 5.91 Å². The summed E-state index contributed by atoms with van der Waals surface area (Å²) in [5, 5.41) is 6.79. The molecule has 0 aliphatic heterocycles. The standard InChI is InChI=1S/C25H28N4O/c1-2-27-25(28-17-19-13-15-22(16-14-19)24(26)30)29-18-23(20-9-5-3-6-10-20)21-11-7-4-8-12-21/h3-16,23H,2,17-18H2,1H3,(H2,26,30)(H2,27,28,29). The summed E-state index contributed by atoms with van der Waals surface area (Å²) in [6.45, 7) is 4.05. The maximum atomic E-state index is 11.2. The molecule has 0 saturated heterocycles. The van der Waals surface area contributed by atoms with Gasteiger partial charge in [0.05, 0.1) is 6.54 Å². The first-order valence-corrected chi connectivity index (χ1v) is 10.2. The Bertz CT molecular complexity index is 914. The molecule has 4 N–H and O–H groups in total. The van der Waals surface area contributed by atoms with Crippen molar-refractivity contribution in [3.05, 3.63) is 107 Å². The first-order valence-electron chi connectivity index (χ1n) is 10.2. The van der Waals surface area contributed by atoms with Crippen LogP contribution in [0, 0.1) is 0 Å². The SMILES string of the molecule is CCNC(=NCc1ccc(C(N)=O)cc1)NCC(c1ccccc1)c1ccccc1. The van der Waals surface area contributed by atoms with Gasteiger partial charge < -0.3 is 16.4 Å². The highest BCUT2D eigenvalue weighted by atomic mass is 16.1. The molecule has 0 bridgehead atoms. The number of nitrogens with one attached hydrogen (secondary N) is 2. The second kappa shape index (κ2) is 10.8. The van der Waals surface area contributed by atoms with Crippen molar-refractivity contribution >= 4 is 11.9 Å². The molecule has 0 radical (unpaired) electrons. The van der Waals surface area contributed by atoms with Crippen molar-refractivity contribution in [1.82, 2.24) is 10.6 Å². The molecule has 3 rings (SSSR count). The summed E-state index contributed by atoms with van der Waals surface area (Å²) in [6, 6.07) is 28.2. The number of hydrogen-bond donors (Lipinski definition) is 3. The zero-order valence-corrected chi connectivity index (χ0v) is 17.2. The molecule has 3 aromatic carbocycles. The molecule has 1 amide bonds.